The van der Waals surface area contributed by atoms with Gasteiger partial charge in [-0.05, 0) is 18.6 Å². The van der Waals surface area contributed by atoms with Gasteiger partial charge in [0.25, 0.3) is 5.69 Å². The summed E-state index contributed by atoms with van der Waals surface area (Å²) in [5.41, 5.74) is -0.696. The van der Waals surface area contributed by atoms with E-state index in [1.807, 2.05) is 0 Å². The van der Waals surface area contributed by atoms with E-state index in [9.17, 15) is 31.7 Å². The number of hydrogen-bond donors (Lipinski definition) is 1. The summed E-state index contributed by atoms with van der Waals surface area (Å²) < 4.78 is 65.8. The molecule has 0 saturated heterocycles. The molecule has 12 heteroatoms. The third-order valence-electron chi connectivity index (χ3n) is 2.43. The Balaban J connectivity index is 2.62. The van der Waals surface area contributed by atoms with Crippen LogP contribution in [0.5, 0.6) is 0 Å². The topological polar surface area (TPSA) is 98.5 Å². The first-order valence-corrected chi connectivity index (χ1v) is 7.97. The standard InChI is InChI=1S/C11H12ClF3N2O5S/c12-8-2-3-10(9(6-8)17(18)19)23(20,21)16-4-1-5-22-7-11(13,14)15/h2-3,6,16H,1,4-5,7H2. The molecule has 0 spiro atoms. The molecule has 1 N–H and O–H groups in total. The van der Waals surface area contributed by atoms with Gasteiger partial charge in [0.15, 0.2) is 4.90 Å². The molecule has 0 unspecified atom stereocenters. The van der Waals surface area contributed by atoms with Gasteiger partial charge in [0, 0.05) is 24.2 Å². The molecule has 0 aliphatic heterocycles. The van der Waals surface area contributed by atoms with Crippen molar-refractivity contribution in [1.29, 1.82) is 0 Å². The van der Waals surface area contributed by atoms with Crippen LogP contribution in [-0.4, -0.2) is 39.3 Å². The molecule has 0 aliphatic rings. The summed E-state index contributed by atoms with van der Waals surface area (Å²) in [5.74, 6) is 0. The maximum atomic E-state index is 12.0. The lowest BCUT2D eigenvalue weighted by Crippen LogP contribution is -2.27. The van der Waals surface area contributed by atoms with Gasteiger partial charge >= 0.3 is 6.18 Å². The summed E-state index contributed by atoms with van der Waals surface area (Å²) in [7, 11) is -4.20. The molecule has 130 valence electrons. The smallest absolute Gasteiger partial charge is 0.372 e. The van der Waals surface area contributed by atoms with Gasteiger partial charge in [0.05, 0.1) is 4.92 Å². The number of ether oxygens (including phenoxy) is 1. The van der Waals surface area contributed by atoms with Crippen LogP contribution in [0.25, 0.3) is 0 Å². The van der Waals surface area contributed by atoms with Gasteiger partial charge in [-0.3, -0.25) is 10.1 Å². The summed E-state index contributed by atoms with van der Waals surface area (Å²) in [6.45, 7) is -1.98. The van der Waals surface area contributed by atoms with Crippen molar-refractivity contribution in [3.8, 4) is 0 Å². The van der Waals surface area contributed by atoms with E-state index in [-0.39, 0.29) is 24.6 Å². The van der Waals surface area contributed by atoms with Crippen LogP contribution < -0.4 is 4.72 Å². The minimum absolute atomic E-state index is 0.00352. The number of rotatable bonds is 8. The Morgan fingerprint density at radius 1 is 1.35 bits per heavy atom. The number of nitrogens with zero attached hydrogens (tertiary/aromatic N) is 1. The lowest BCUT2D eigenvalue weighted by Gasteiger charge is -2.09. The Kier molecular flexibility index (Phi) is 6.74. The largest absolute Gasteiger partial charge is 0.411 e. The zero-order chi connectivity index (χ0) is 17.7. The molecular weight excluding hydrogens is 365 g/mol. The molecule has 0 heterocycles. The van der Waals surface area contributed by atoms with Crippen molar-refractivity contribution in [2.24, 2.45) is 0 Å². The van der Waals surface area contributed by atoms with Crippen LogP contribution in [-0.2, 0) is 14.8 Å². The van der Waals surface area contributed by atoms with Gasteiger partial charge in [-0.1, -0.05) is 11.6 Å². The second kappa shape index (κ2) is 7.90. The fraction of sp³-hybridized carbons (Fsp3) is 0.455. The number of nitro benzene ring substituents is 1. The minimum atomic E-state index is -4.45. The van der Waals surface area contributed by atoms with E-state index in [0.29, 0.717) is 0 Å². The highest BCUT2D eigenvalue weighted by atomic mass is 35.5. The zero-order valence-corrected chi connectivity index (χ0v) is 13.0. The number of sulfonamides is 1. The molecule has 0 atom stereocenters. The first-order valence-electron chi connectivity index (χ1n) is 6.11. The molecule has 0 amide bonds. The first kappa shape index (κ1) is 19.6. The predicted octanol–water partition coefficient (Wildman–Crippen LogP) is 2.50. The minimum Gasteiger partial charge on any atom is -0.372 e. The summed E-state index contributed by atoms with van der Waals surface area (Å²) >= 11 is 5.58. The Hall–Kier alpha value is -1.43. The average Bonchev–Trinajstić information content (AvgIpc) is 2.41. The molecule has 0 bridgehead atoms. The molecule has 0 saturated carbocycles. The van der Waals surface area contributed by atoms with Crippen LogP contribution in [0.3, 0.4) is 0 Å². The fourth-order valence-corrected chi connectivity index (χ4v) is 2.90. The van der Waals surface area contributed by atoms with Gasteiger partial charge in [-0.15, -0.1) is 0 Å². The van der Waals surface area contributed by atoms with Crippen molar-refractivity contribution in [3.63, 3.8) is 0 Å². The average molecular weight is 377 g/mol. The highest BCUT2D eigenvalue weighted by molar-refractivity contribution is 7.89. The molecule has 7 nitrogen and oxygen atoms in total. The van der Waals surface area contributed by atoms with Crippen LogP contribution in [0.15, 0.2) is 23.1 Å². The molecule has 23 heavy (non-hydrogen) atoms. The second-order valence-electron chi connectivity index (χ2n) is 4.29. The highest BCUT2D eigenvalue weighted by Gasteiger charge is 2.27. The van der Waals surface area contributed by atoms with Crippen molar-refractivity contribution >= 4 is 27.3 Å². The van der Waals surface area contributed by atoms with Crippen LogP contribution in [0.4, 0.5) is 18.9 Å². The van der Waals surface area contributed by atoms with Crippen LogP contribution >= 0.6 is 11.6 Å². The second-order valence-corrected chi connectivity index (χ2v) is 6.46. The third kappa shape index (κ3) is 6.69. The number of benzene rings is 1. The Bertz CT molecular complexity index is 666. The molecule has 1 aromatic rings. The molecular formula is C11H12ClF3N2O5S. The third-order valence-corrected chi connectivity index (χ3v) is 4.17. The number of nitrogens with one attached hydrogen (secondary N) is 1. The van der Waals surface area contributed by atoms with E-state index in [2.05, 4.69) is 9.46 Å². The summed E-state index contributed by atoms with van der Waals surface area (Å²) in [5, 5.41) is 10.9. The molecule has 1 aromatic carbocycles. The van der Waals surface area contributed by atoms with Crippen LogP contribution in [0, 0.1) is 10.1 Å². The van der Waals surface area contributed by atoms with E-state index >= 15 is 0 Å². The predicted molar refractivity (Wildman–Crippen MR) is 74.8 cm³/mol. The lowest BCUT2D eigenvalue weighted by molar-refractivity contribution is -0.387. The van der Waals surface area contributed by atoms with Gasteiger partial charge in [-0.25, -0.2) is 13.1 Å². The van der Waals surface area contributed by atoms with Crippen molar-refractivity contribution in [1.82, 2.24) is 4.72 Å². The molecule has 0 aliphatic carbocycles. The fourth-order valence-electron chi connectivity index (χ4n) is 1.51. The Labute approximate surface area is 134 Å². The summed E-state index contributed by atoms with van der Waals surface area (Å²) in [6, 6.07) is 3.04. The normalized spacial score (nSPS) is 12.3. The van der Waals surface area contributed by atoms with Gasteiger partial charge in [0.2, 0.25) is 10.0 Å². The summed E-state index contributed by atoms with van der Waals surface area (Å²) in [4.78, 5) is 9.38. The SMILES string of the molecule is O=[N+]([O-])c1cc(Cl)ccc1S(=O)(=O)NCCCOCC(F)(F)F. The van der Waals surface area contributed by atoms with Crippen LogP contribution in [0.2, 0.25) is 5.02 Å². The monoisotopic (exact) mass is 376 g/mol. The van der Waals surface area contributed by atoms with Crippen molar-refractivity contribution in [2.75, 3.05) is 19.8 Å². The van der Waals surface area contributed by atoms with E-state index in [0.717, 1.165) is 12.1 Å². The Morgan fingerprint density at radius 2 is 2.00 bits per heavy atom. The van der Waals surface area contributed by atoms with E-state index in [1.54, 1.807) is 0 Å². The number of halogens is 4. The lowest BCUT2D eigenvalue weighted by atomic mass is 10.3. The van der Waals surface area contributed by atoms with Crippen molar-refractivity contribution < 1.29 is 31.2 Å². The van der Waals surface area contributed by atoms with Crippen LogP contribution in [0.1, 0.15) is 6.42 Å². The van der Waals surface area contributed by atoms with E-state index < -0.39 is 38.3 Å². The molecule has 1 rings (SSSR count). The zero-order valence-electron chi connectivity index (χ0n) is 11.5. The quantitative estimate of drug-likeness (QED) is 0.427. The maximum Gasteiger partial charge on any atom is 0.411 e. The van der Waals surface area contributed by atoms with Crippen molar-refractivity contribution in [3.05, 3.63) is 33.3 Å². The van der Waals surface area contributed by atoms with Gasteiger partial charge in [-0.2, -0.15) is 13.2 Å². The summed E-state index contributed by atoms with van der Waals surface area (Å²) in [6.07, 6.45) is -4.49. The highest BCUT2D eigenvalue weighted by Crippen LogP contribution is 2.26. The molecule has 0 aromatic heterocycles. The van der Waals surface area contributed by atoms with Crippen molar-refractivity contribution in [2.45, 2.75) is 17.5 Å². The molecule has 0 fully saturated rings. The first-order chi connectivity index (χ1) is 10.5. The van der Waals surface area contributed by atoms with E-state index in [4.69, 9.17) is 11.6 Å². The number of alkyl halides is 3. The Morgan fingerprint density at radius 3 is 2.57 bits per heavy atom. The van der Waals surface area contributed by atoms with Gasteiger partial charge in [0.1, 0.15) is 6.61 Å². The van der Waals surface area contributed by atoms with Gasteiger partial charge < -0.3 is 4.74 Å². The molecule has 0 radical (unpaired) electrons. The number of hydrogen-bond acceptors (Lipinski definition) is 5. The number of nitro groups is 1. The van der Waals surface area contributed by atoms with E-state index in [1.165, 1.54) is 6.07 Å². The maximum absolute atomic E-state index is 12.0.